The minimum Gasteiger partial charge on any atom is -0.353 e. The molecule has 0 spiro atoms. The average molecular weight is 302 g/mol. The number of hydrogen-bond acceptors (Lipinski definition) is 2. The molecule has 0 saturated heterocycles. The van der Waals surface area contributed by atoms with Crippen molar-refractivity contribution in [2.24, 2.45) is 0 Å². The van der Waals surface area contributed by atoms with E-state index in [9.17, 15) is 9.59 Å². The molecule has 0 atom stereocenters. The third-order valence-electron chi connectivity index (χ3n) is 4.23. The van der Waals surface area contributed by atoms with Crippen LogP contribution in [-0.2, 0) is 9.59 Å². The van der Waals surface area contributed by atoms with Gasteiger partial charge in [0.25, 0.3) is 0 Å². The summed E-state index contributed by atoms with van der Waals surface area (Å²) >= 11 is 0. The van der Waals surface area contributed by atoms with E-state index in [0.717, 1.165) is 29.7 Å². The predicted octanol–water partition coefficient (Wildman–Crippen LogP) is 3.39. The van der Waals surface area contributed by atoms with Crippen LogP contribution in [0.3, 0.4) is 0 Å². The normalized spacial score (nSPS) is 15.4. The number of amides is 2. The number of anilines is 1. The first kappa shape index (κ1) is 16.5. The number of hydrogen-bond donors (Lipinski definition) is 2. The van der Waals surface area contributed by atoms with E-state index in [1.807, 2.05) is 32.9 Å². The molecule has 2 N–H and O–H groups in total. The van der Waals surface area contributed by atoms with Gasteiger partial charge in [0.2, 0.25) is 11.8 Å². The Hall–Kier alpha value is -1.84. The SMILES string of the molecule is Cc1cc(C)c(NC(=O)CC(=O)NC2CCCCC2)c(C)c1. The Labute approximate surface area is 132 Å². The Morgan fingerprint density at radius 1 is 1.00 bits per heavy atom. The molecule has 0 heterocycles. The van der Waals surface area contributed by atoms with Gasteiger partial charge in [-0.05, 0) is 44.7 Å². The van der Waals surface area contributed by atoms with Gasteiger partial charge in [0.1, 0.15) is 6.42 Å². The Kier molecular flexibility index (Phi) is 5.58. The maximum absolute atomic E-state index is 12.1. The number of carbonyl (C=O) groups excluding carboxylic acids is 2. The van der Waals surface area contributed by atoms with Crippen LogP contribution in [0.2, 0.25) is 0 Å². The first-order valence-corrected chi connectivity index (χ1v) is 8.13. The molecule has 2 amide bonds. The summed E-state index contributed by atoms with van der Waals surface area (Å²) in [5.74, 6) is -0.421. The van der Waals surface area contributed by atoms with Crippen LogP contribution in [0.4, 0.5) is 5.69 Å². The highest BCUT2D eigenvalue weighted by atomic mass is 16.2. The molecule has 1 aromatic carbocycles. The number of aryl methyl sites for hydroxylation is 3. The summed E-state index contributed by atoms with van der Waals surface area (Å²) < 4.78 is 0. The predicted molar refractivity (Wildman–Crippen MR) is 88.9 cm³/mol. The fourth-order valence-electron chi connectivity index (χ4n) is 3.23. The van der Waals surface area contributed by atoms with Gasteiger partial charge in [0.05, 0.1) is 0 Å². The highest BCUT2D eigenvalue weighted by Gasteiger charge is 2.18. The monoisotopic (exact) mass is 302 g/mol. The molecule has 0 aromatic heterocycles. The molecule has 2 rings (SSSR count). The van der Waals surface area contributed by atoms with Crippen LogP contribution in [0.5, 0.6) is 0 Å². The Morgan fingerprint density at radius 3 is 2.18 bits per heavy atom. The minimum atomic E-state index is -0.247. The van der Waals surface area contributed by atoms with Crippen LogP contribution >= 0.6 is 0 Å². The highest BCUT2D eigenvalue weighted by molar-refractivity contribution is 6.04. The van der Waals surface area contributed by atoms with Gasteiger partial charge in [-0.2, -0.15) is 0 Å². The molecule has 1 aromatic rings. The van der Waals surface area contributed by atoms with Gasteiger partial charge in [-0.3, -0.25) is 9.59 Å². The molecule has 0 bridgehead atoms. The second-order valence-electron chi connectivity index (χ2n) is 6.40. The van der Waals surface area contributed by atoms with Gasteiger partial charge in [-0.1, -0.05) is 37.0 Å². The van der Waals surface area contributed by atoms with Gasteiger partial charge in [0, 0.05) is 11.7 Å². The molecule has 1 saturated carbocycles. The van der Waals surface area contributed by atoms with E-state index < -0.39 is 0 Å². The molecule has 120 valence electrons. The van der Waals surface area contributed by atoms with Crippen molar-refractivity contribution >= 4 is 17.5 Å². The summed E-state index contributed by atoms with van der Waals surface area (Å²) in [6.07, 6.45) is 5.53. The molecule has 1 aliphatic carbocycles. The Balaban J connectivity index is 1.88. The lowest BCUT2D eigenvalue weighted by Gasteiger charge is -2.22. The number of carbonyl (C=O) groups is 2. The largest absolute Gasteiger partial charge is 0.353 e. The van der Waals surface area contributed by atoms with Crippen molar-refractivity contribution in [3.8, 4) is 0 Å². The van der Waals surface area contributed by atoms with E-state index in [1.165, 1.54) is 24.8 Å². The summed E-state index contributed by atoms with van der Waals surface area (Å²) in [5.41, 5.74) is 4.04. The maximum Gasteiger partial charge on any atom is 0.233 e. The lowest BCUT2D eigenvalue weighted by molar-refractivity contribution is -0.127. The van der Waals surface area contributed by atoms with Gasteiger partial charge in [-0.15, -0.1) is 0 Å². The third kappa shape index (κ3) is 4.58. The molecule has 1 fully saturated rings. The lowest BCUT2D eigenvalue weighted by atomic mass is 9.95. The summed E-state index contributed by atoms with van der Waals surface area (Å²) in [4.78, 5) is 24.0. The minimum absolute atomic E-state index is 0.108. The van der Waals surface area contributed by atoms with Crippen LogP contribution in [0.25, 0.3) is 0 Å². The molecule has 22 heavy (non-hydrogen) atoms. The Morgan fingerprint density at radius 2 is 1.59 bits per heavy atom. The van der Waals surface area contributed by atoms with Crippen LogP contribution < -0.4 is 10.6 Å². The van der Waals surface area contributed by atoms with Crippen molar-refractivity contribution in [2.45, 2.75) is 65.3 Å². The summed E-state index contributed by atoms with van der Waals surface area (Å²) in [5, 5.41) is 5.85. The lowest BCUT2D eigenvalue weighted by Crippen LogP contribution is -2.37. The van der Waals surface area contributed by atoms with Gasteiger partial charge in [-0.25, -0.2) is 0 Å². The quantitative estimate of drug-likeness (QED) is 0.838. The van der Waals surface area contributed by atoms with E-state index in [1.54, 1.807) is 0 Å². The van der Waals surface area contributed by atoms with Crippen molar-refractivity contribution < 1.29 is 9.59 Å². The zero-order chi connectivity index (χ0) is 16.1. The highest BCUT2D eigenvalue weighted by Crippen LogP contribution is 2.22. The van der Waals surface area contributed by atoms with Gasteiger partial charge < -0.3 is 10.6 Å². The zero-order valence-corrected chi connectivity index (χ0v) is 13.8. The second-order valence-corrected chi connectivity index (χ2v) is 6.40. The number of rotatable bonds is 4. The van der Waals surface area contributed by atoms with Gasteiger partial charge in [0.15, 0.2) is 0 Å². The van der Waals surface area contributed by atoms with Crippen molar-refractivity contribution in [2.75, 3.05) is 5.32 Å². The molecule has 4 heteroatoms. The summed E-state index contributed by atoms with van der Waals surface area (Å²) in [6.45, 7) is 5.97. The van der Waals surface area contributed by atoms with Crippen LogP contribution in [-0.4, -0.2) is 17.9 Å². The van der Waals surface area contributed by atoms with E-state index in [-0.39, 0.29) is 24.3 Å². The molecular formula is C18H26N2O2. The molecule has 0 unspecified atom stereocenters. The van der Waals surface area contributed by atoms with E-state index in [0.29, 0.717) is 0 Å². The number of benzene rings is 1. The standard InChI is InChI=1S/C18H26N2O2/c1-12-9-13(2)18(14(3)10-12)20-17(22)11-16(21)19-15-7-5-4-6-8-15/h9-10,15H,4-8,11H2,1-3H3,(H,19,21)(H,20,22). The fraction of sp³-hybridized carbons (Fsp3) is 0.556. The average Bonchev–Trinajstić information content (AvgIpc) is 2.43. The molecule has 0 radical (unpaired) electrons. The van der Waals surface area contributed by atoms with Crippen molar-refractivity contribution in [3.63, 3.8) is 0 Å². The second kappa shape index (κ2) is 7.43. The first-order chi connectivity index (χ1) is 10.5. The van der Waals surface area contributed by atoms with Crippen LogP contribution in [0, 0.1) is 20.8 Å². The van der Waals surface area contributed by atoms with Crippen molar-refractivity contribution in [1.82, 2.24) is 5.32 Å². The maximum atomic E-state index is 12.1. The van der Waals surface area contributed by atoms with Crippen molar-refractivity contribution in [3.05, 3.63) is 28.8 Å². The van der Waals surface area contributed by atoms with Gasteiger partial charge >= 0.3 is 0 Å². The third-order valence-corrected chi connectivity index (χ3v) is 4.23. The van der Waals surface area contributed by atoms with Crippen molar-refractivity contribution in [1.29, 1.82) is 0 Å². The van der Waals surface area contributed by atoms with Crippen LogP contribution in [0.1, 0.15) is 55.2 Å². The fourth-order valence-corrected chi connectivity index (χ4v) is 3.23. The molecule has 1 aliphatic rings. The first-order valence-electron chi connectivity index (χ1n) is 8.13. The topological polar surface area (TPSA) is 58.2 Å². The number of nitrogens with one attached hydrogen (secondary N) is 2. The Bertz CT molecular complexity index is 537. The van der Waals surface area contributed by atoms with Crippen LogP contribution in [0.15, 0.2) is 12.1 Å². The summed E-state index contributed by atoms with van der Waals surface area (Å²) in [7, 11) is 0. The smallest absolute Gasteiger partial charge is 0.233 e. The summed E-state index contributed by atoms with van der Waals surface area (Å²) in [6, 6.07) is 4.31. The molecular weight excluding hydrogens is 276 g/mol. The molecule has 0 aliphatic heterocycles. The van der Waals surface area contributed by atoms with E-state index in [4.69, 9.17) is 0 Å². The van der Waals surface area contributed by atoms with E-state index in [2.05, 4.69) is 10.6 Å². The zero-order valence-electron chi connectivity index (χ0n) is 13.8. The molecule has 4 nitrogen and oxygen atoms in total. The van der Waals surface area contributed by atoms with E-state index >= 15 is 0 Å².